The predicted octanol–water partition coefficient (Wildman–Crippen LogP) is -1.50. The number of rotatable bonds is 2. The fourth-order valence-electron chi connectivity index (χ4n) is 1.38. The Morgan fingerprint density at radius 2 is 1.86 bits per heavy atom. The van der Waals surface area contributed by atoms with Crippen molar-refractivity contribution in [1.29, 1.82) is 0 Å². The van der Waals surface area contributed by atoms with Crippen LogP contribution < -0.4 is 10.9 Å². The van der Waals surface area contributed by atoms with Gasteiger partial charge in [-0.3, -0.25) is 9.59 Å². The van der Waals surface area contributed by atoms with Crippen LogP contribution in [0.25, 0.3) is 10.9 Å². The first-order valence-electron chi connectivity index (χ1n) is 5.59. The third-order valence-corrected chi connectivity index (χ3v) is 2.38. The molecule has 10 nitrogen and oxygen atoms in total. The Morgan fingerprint density at radius 3 is 2.14 bits per heavy atom. The molecule has 2 aliphatic rings. The van der Waals surface area contributed by atoms with Crippen molar-refractivity contribution in [1.82, 2.24) is 10.9 Å². The van der Waals surface area contributed by atoms with E-state index < -0.39 is 24.0 Å². The van der Waals surface area contributed by atoms with Gasteiger partial charge >= 0.3 is 25.4 Å². The number of carboxylic acids is 2. The molecule has 2 rings (SSSR count). The fourth-order valence-corrected chi connectivity index (χ4v) is 1.38. The van der Waals surface area contributed by atoms with E-state index in [1.54, 1.807) is 12.3 Å². The average molecular weight is 360 g/mol. The van der Waals surface area contributed by atoms with E-state index in [-0.39, 0.29) is 30.4 Å². The van der Waals surface area contributed by atoms with E-state index in [9.17, 15) is 9.59 Å². The SMILES string of the molecule is O=C(O)C1CC=CN[N-]1.O=C(O)C1CCC[N-]N1.[OH3+].[OH3+].[Zn+2]. The maximum atomic E-state index is 10.2. The van der Waals surface area contributed by atoms with E-state index in [0.717, 1.165) is 13.0 Å². The summed E-state index contributed by atoms with van der Waals surface area (Å²) in [6.07, 6.45) is 5.43. The van der Waals surface area contributed by atoms with Crippen LogP contribution in [0.3, 0.4) is 0 Å². The minimum absolute atomic E-state index is 0. The number of hydrogen-bond acceptors (Lipinski definition) is 4. The van der Waals surface area contributed by atoms with Crippen LogP contribution in [0.4, 0.5) is 0 Å². The van der Waals surface area contributed by atoms with E-state index in [1.165, 1.54) is 0 Å². The monoisotopic (exact) mass is 358 g/mol. The van der Waals surface area contributed by atoms with Gasteiger partial charge in [0.05, 0.1) is 6.04 Å². The molecule has 1 saturated heterocycles. The summed E-state index contributed by atoms with van der Waals surface area (Å²) in [5.41, 5.74) is 12.4. The zero-order valence-corrected chi connectivity index (χ0v) is 14.6. The molecule has 0 radical (unpaired) electrons. The summed E-state index contributed by atoms with van der Waals surface area (Å²) in [4.78, 5) is 20.4. The van der Waals surface area contributed by atoms with Crippen LogP contribution >= 0.6 is 0 Å². The summed E-state index contributed by atoms with van der Waals surface area (Å²) in [7, 11) is 0. The van der Waals surface area contributed by atoms with Gasteiger partial charge in [0.25, 0.3) is 5.97 Å². The summed E-state index contributed by atoms with van der Waals surface area (Å²) in [6.45, 7) is 0.740. The normalized spacial score (nSPS) is 22.7. The van der Waals surface area contributed by atoms with E-state index in [0.29, 0.717) is 12.8 Å². The Bertz CT molecular complexity index is 325. The zero-order valence-electron chi connectivity index (χ0n) is 11.6. The standard InChI is InChI=1S/C5H9N2O2.C5H7N2O2.2H2O.Zn/c2*8-5(9)4-2-1-3-6-7-4;;;/h4,7H,1-3H2,(H,8,9);1,3-4,6H,2H2,(H,8,9);2*1H2;/q2*-1;;;+2/p+2. The van der Waals surface area contributed by atoms with Crippen molar-refractivity contribution >= 4 is 11.9 Å². The zero-order chi connectivity index (χ0) is 13.4. The van der Waals surface area contributed by atoms with E-state index in [1.807, 2.05) is 0 Å². The minimum Gasteiger partial charge on any atom is -0.597 e. The van der Waals surface area contributed by atoms with Crippen LogP contribution in [0.1, 0.15) is 19.3 Å². The van der Waals surface area contributed by atoms with Gasteiger partial charge in [0.1, 0.15) is 0 Å². The van der Waals surface area contributed by atoms with Crippen LogP contribution in [-0.2, 0) is 40.0 Å². The third kappa shape index (κ3) is 10.3. The van der Waals surface area contributed by atoms with Gasteiger partial charge in [-0.2, -0.15) is 0 Å². The molecule has 0 bridgehead atoms. The number of aliphatic carboxylic acids is 2. The van der Waals surface area contributed by atoms with Gasteiger partial charge < -0.3 is 42.9 Å². The molecule has 1 fully saturated rings. The molecule has 0 saturated carbocycles. The summed E-state index contributed by atoms with van der Waals surface area (Å²) >= 11 is 0. The predicted molar refractivity (Wildman–Crippen MR) is 73.4 cm³/mol. The molecule has 0 amide bonds. The molecule has 0 aromatic heterocycles. The second-order valence-corrected chi connectivity index (χ2v) is 3.79. The van der Waals surface area contributed by atoms with Crippen LogP contribution in [0.2, 0.25) is 0 Å². The summed E-state index contributed by atoms with van der Waals surface area (Å²) in [5, 5.41) is 16.8. The number of hydrogen-bond donors (Lipinski definition) is 4. The molecule has 21 heavy (non-hydrogen) atoms. The maximum Gasteiger partial charge on any atom is 2.00 e. The largest absolute Gasteiger partial charge is 2.00 e. The van der Waals surface area contributed by atoms with Crippen molar-refractivity contribution in [3.05, 3.63) is 23.1 Å². The maximum absolute atomic E-state index is 10.2. The first kappa shape index (κ1) is 24.9. The first-order chi connectivity index (χ1) is 8.61. The van der Waals surface area contributed by atoms with Crippen molar-refractivity contribution in [2.24, 2.45) is 0 Å². The van der Waals surface area contributed by atoms with Crippen molar-refractivity contribution in [3.8, 4) is 0 Å². The second-order valence-electron chi connectivity index (χ2n) is 3.79. The minimum atomic E-state index is -0.883. The second kappa shape index (κ2) is 13.9. The van der Waals surface area contributed by atoms with E-state index in [2.05, 4.69) is 21.7 Å². The number of carboxylic acid groups (broad SMARTS) is 2. The van der Waals surface area contributed by atoms with Crippen LogP contribution in [0.5, 0.6) is 0 Å². The number of nitrogens with zero attached hydrogens (tertiary/aromatic N) is 2. The molecule has 2 aliphatic heterocycles. The van der Waals surface area contributed by atoms with Crippen molar-refractivity contribution < 1.29 is 50.2 Å². The molecule has 0 aliphatic carbocycles. The smallest absolute Gasteiger partial charge is 0.597 e. The van der Waals surface area contributed by atoms with Gasteiger partial charge in [-0.05, 0) is 25.1 Å². The van der Waals surface area contributed by atoms with Gasteiger partial charge in [-0.15, -0.1) is 6.54 Å². The third-order valence-electron chi connectivity index (χ3n) is 2.38. The summed E-state index contributed by atoms with van der Waals surface area (Å²) < 4.78 is 0. The molecular weight excluding hydrogens is 338 g/mol. The Hall–Kier alpha value is -1.10. The molecule has 2 atom stereocenters. The van der Waals surface area contributed by atoms with Crippen LogP contribution in [0.15, 0.2) is 12.3 Å². The fraction of sp³-hybridized carbons (Fsp3) is 0.600. The Labute approximate surface area is 134 Å². The average Bonchev–Trinajstić information content (AvgIpc) is 2.41. The van der Waals surface area contributed by atoms with Crippen molar-refractivity contribution in [2.75, 3.05) is 6.54 Å². The van der Waals surface area contributed by atoms with Gasteiger partial charge in [0.15, 0.2) is 0 Å². The summed E-state index contributed by atoms with van der Waals surface area (Å²) in [5.74, 6) is -1.69. The van der Waals surface area contributed by atoms with E-state index in [4.69, 9.17) is 10.2 Å². The molecule has 11 heteroatoms. The molecule has 118 valence electrons. The Morgan fingerprint density at radius 1 is 1.19 bits per heavy atom. The molecule has 2 unspecified atom stereocenters. The van der Waals surface area contributed by atoms with Gasteiger partial charge in [-0.1, -0.05) is 12.5 Å². The molecule has 0 aromatic rings. The Balaban J connectivity index is -0.000000270. The van der Waals surface area contributed by atoms with Gasteiger partial charge in [-0.25, -0.2) is 0 Å². The quantitative estimate of drug-likeness (QED) is 0.342. The molecule has 10 N–H and O–H groups in total. The van der Waals surface area contributed by atoms with E-state index >= 15 is 0 Å². The number of carbonyl (C=O) groups is 2. The molecule has 2 heterocycles. The van der Waals surface area contributed by atoms with Gasteiger partial charge in [0.2, 0.25) is 0 Å². The number of nitrogens with one attached hydrogen (secondary N) is 2. The molecular formula is C10H22N4O6Zn+2. The van der Waals surface area contributed by atoms with Crippen molar-refractivity contribution in [2.45, 2.75) is 31.3 Å². The van der Waals surface area contributed by atoms with Crippen molar-refractivity contribution in [3.63, 3.8) is 0 Å². The van der Waals surface area contributed by atoms with Gasteiger partial charge in [0, 0.05) is 0 Å². The molecule has 0 aromatic carbocycles. The molecule has 0 spiro atoms. The Kier molecular flexibility index (Phi) is 16.4. The summed E-state index contributed by atoms with van der Waals surface area (Å²) in [6, 6.07) is -1.05. The van der Waals surface area contributed by atoms with Crippen LogP contribution in [-0.4, -0.2) is 40.8 Å². The van der Waals surface area contributed by atoms with Crippen LogP contribution in [0, 0.1) is 0 Å². The topological polar surface area (TPSA) is 193 Å². The first-order valence-corrected chi connectivity index (χ1v) is 5.59.